The van der Waals surface area contributed by atoms with Gasteiger partial charge < -0.3 is 24.6 Å². The molecule has 1 aromatic carbocycles. The van der Waals surface area contributed by atoms with Crippen molar-refractivity contribution in [1.29, 1.82) is 0 Å². The van der Waals surface area contributed by atoms with E-state index in [9.17, 15) is 19.6 Å². The van der Waals surface area contributed by atoms with Crippen LogP contribution in [0.3, 0.4) is 0 Å². The minimum Gasteiger partial charge on any atom is -0.444 e. The van der Waals surface area contributed by atoms with Gasteiger partial charge >= 0.3 is 13.2 Å². The highest BCUT2D eigenvalue weighted by Crippen LogP contribution is 2.18. The highest BCUT2D eigenvalue weighted by Gasteiger charge is 2.26. The van der Waals surface area contributed by atoms with E-state index in [1.165, 1.54) is 6.07 Å². The molecule has 0 radical (unpaired) electrons. The normalized spacial score (nSPS) is 15.2. The van der Waals surface area contributed by atoms with Crippen LogP contribution in [0, 0.1) is 0 Å². The summed E-state index contributed by atoms with van der Waals surface area (Å²) in [5, 5.41) is 18.7. The molecule has 1 saturated heterocycles. The maximum atomic E-state index is 12.1. The number of anilines is 1. The van der Waals surface area contributed by atoms with Crippen LogP contribution in [0.4, 0.5) is 10.5 Å². The zero-order chi connectivity index (χ0) is 17.9. The number of hydrogen-bond acceptors (Lipinski definition) is 6. The molecular weight excluding hydrogens is 311 g/mol. The van der Waals surface area contributed by atoms with Gasteiger partial charge in [-0.05, 0) is 38.4 Å². The SMILES string of the molecule is CC(C)(C)OC(=O)N1CCN(c2cc(C=O)cc(B(O)O)c2)CC1. The Morgan fingerprint density at radius 1 is 1.17 bits per heavy atom. The Labute approximate surface area is 142 Å². The van der Waals surface area contributed by atoms with E-state index >= 15 is 0 Å². The van der Waals surface area contributed by atoms with Crippen LogP contribution in [0.2, 0.25) is 0 Å². The van der Waals surface area contributed by atoms with Crippen LogP contribution >= 0.6 is 0 Å². The quantitative estimate of drug-likeness (QED) is 0.608. The van der Waals surface area contributed by atoms with Crippen LogP contribution in [-0.2, 0) is 4.74 Å². The molecule has 0 spiro atoms. The van der Waals surface area contributed by atoms with Gasteiger partial charge in [0.05, 0.1) is 0 Å². The molecule has 2 N–H and O–H groups in total. The second-order valence-electron chi connectivity index (χ2n) is 6.80. The summed E-state index contributed by atoms with van der Waals surface area (Å²) in [5.74, 6) is 0. The maximum absolute atomic E-state index is 12.1. The number of aldehydes is 1. The summed E-state index contributed by atoms with van der Waals surface area (Å²) in [6, 6.07) is 4.78. The van der Waals surface area contributed by atoms with Gasteiger partial charge in [0.2, 0.25) is 0 Å². The third kappa shape index (κ3) is 4.72. The molecule has 0 saturated carbocycles. The van der Waals surface area contributed by atoms with Crippen molar-refractivity contribution in [2.24, 2.45) is 0 Å². The van der Waals surface area contributed by atoms with E-state index in [1.807, 2.05) is 25.7 Å². The number of piperazine rings is 1. The van der Waals surface area contributed by atoms with Crippen molar-refractivity contribution in [3.63, 3.8) is 0 Å². The molecule has 7 nitrogen and oxygen atoms in total. The maximum Gasteiger partial charge on any atom is 0.488 e. The molecule has 2 rings (SSSR count). The largest absolute Gasteiger partial charge is 0.488 e. The number of amides is 1. The zero-order valence-corrected chi connectivity index (χ0v) is 14.2. The van der Waals surface area contributed by atoms with Crippen molar-refractivity contribution in [3.8, 4) is 0 Å². The number of carbonyl (C=O) groups excluding carboxylic acids is 2. The Morgan fingerprint density at radius 3 is 2.29 bits per heavy atom. The Kier molecular flexibility index (Phi) is 5.51. The smallest absolute Gasteiger partial charge is 0.444 e. The van der Waals surface area contributed by atoms with Gasteiger partial charge in [-0.1, -0.05) is 6.07 Å². The number of benzene rings is 1. The van der Waals surface area contributed by atoms with E-state index < -0.39 is 12.7 Å². The molecule has 0 unspecified atom stereocenters. The number of nitrogens with zero attached hydrogens (tertiary/aromatic N) is 2. The molecule has 130 valence electrons. The lowest BCUT2D eigenvalue weighted by Crippen LogP contribution is -2.50. The molecule has 1 aliphatic rings. The first-order valence-electron chi connectivity index (χ1n) is 7.89. The van der Waals surface area contributed by atoms with E-state index in [1.54, 1.807) is 17.0 Å². The van der Waals surface area contributed by atoms with E-state index in [0.29, 0.717) is 38.0 Å². The van der Waals surface area contributed by atoms with Gasteiger partial charge in [-0.2, -0.15) is 0 Å². The van der Waals surface area contributed by atoms with Gasteiger partial charge in [0.25, 0.3) is 0 Å². The second-order valence-corrected chi connectivity index (χ2v) is 6.80. The van der Waals surface area contributed by atoms with Crippen LogP contribution in [0.5, 0.6) is 0 Å². The monoisotopic (exact) mass is 334 g/mol. The average Bonchev–Trinajstić information content (AvgIpc) is 2.52. The average molecular weight is 334 g/mol. The fraction of sp³-hybridized carbons (Fsp3) is 0.500. The predicted molar refractivity (Wildman–Crippen MR) is 91.7 cm³/mol. The van der Waals surface area contributed by atoms with Crippen molar-refractivity contribution in [2.45, 2.75) is 26.4 Å². The van der Waals surface area contributed by atoms with Gasteiger partial charge in [-0.3, -0.25) is 4.79 Å². The minimum absolute atomic E-state index is 0.268. The van der Waals surface area contributed by atoms with Gasteiger partial charge in [-0.25, -0.2) is 4.79 Å². The third-order valence-corrected chi connectivity index (χ3v) is 3.69. The van der Waals surface area contributed by atoms with Crippen molar-refractivity contribution >= 4 is 30.6 Å². The molecule has 0 aliphatic carbocycles. The molecule has 24 heavy (non-hydrogen) atoms. The molecule has 1 aromatic rings. The molecule has 1 aliphatic heterocycles. The lowest BCUT2D eigenvalue weighted by Gasteiger charge is -2.37. The second kappa shape index (κ2) is 7.23. The first-order chi connectivity index (χ1) is 11.2. The number of rotatable bonds is 3. The highest BCUT2D eigenvalue weighted by molar-refractivity contribution is 6.58. The van der Waals surface area contributed by atoms with Crippen LogP contribution in [-0.4, -0.2) is 66.2 Å². The summed E-state index contributed by atoms with van der Waals surface area (Å²) in [5.41, 5.74) is 0.847. The lowest BCUT2D eigenvalue weighted by atomic mass is 9.79. The minimum atomic E-state index is -1.63. The first kappa shape index (κ1) is 18.3. The zero-order valence-electron chi connectivity index (χ0n) is 14.2. The van der Waals surface area contributed by atoms with Gasteiger partial charge in [0.1, 0.15) is 11.9 Å². The Morgan fingerprint density at radius 2 is 1.79 bits per heavy atom. The Hall–Kier alpha value is -2.06. The highest BCUT2D eigenvalue weighted by atomic mass is 16.6. The van der Waals surface area contributed by atoms with E-state index in [0.717, 1.165) is 5.69 Å². The summed E-state index contributed by atoms with van der Waals surface area (Å²) in [6.07, 6.45) is 0.335. The summed E-state index contributed by atoms with van der Waals surface area (Å²) >= 11 is 0. The van der Waals surface area contributed by atoms with E-state index in [-0.39, 0.29) is 11.6 Å². The van der Waals surface area contributed by atoms with Crippen LogP contribution in [0.15, 0.2) is 18.2 Å². The van der Waals surface area contributed by atoms with Crippen molar-refractivity contribution in [2.75, 3.05) is 31.1 Å². The van der Waals surface area contributed by atoms with Crippen molar-refractivity contribution in [3.05, 3.63) is 23.8 Å². The first-order valence-corrected chi connectivity index (χ1v) is 7.89. The summed E-state index contributed by atoms with van der Waals surface area (Å²) in [6.45, 7) is 7.62. The van der Waals surface area contributed by atoms with Crippen LogP contribution in [0.1, 0.15) is 31.1 Å². The van der Waals surface area contributed by atoms with Crippen LogP contribution < -0.4 is 10.4 Å². The summed E-state index contributed by atoms with van der Waals surface area (Å²) < 4.78 is 5.36. The predicted octanol–water partition coefficient (Wildman–Crippen LogP) is 0.236. The molecule has 0 bridgehead atoms. The number of hydrogen-bond donors (Lipinski definition) is 2. The number of carbonyl (C=O) groups is 2. The molecule has 0 atom stereocenters. The molecular formula is C16H23BN2O5. The van der Waals surface area contributed by atoms with E-state index in [4.69, 9.17) is 4.74 Å². The van der Waals surface area contributed by atoms with E-state index in [2.05, 4.69) is 0 Å². The van der Waals surface area contributed by atoms with Gasteiger partial charge in [0.15, 0.2) is 0 Å². The third-order valence-electron chi connectivity index (χ3n) is 3.69. The van der Waals surface area contributed by atoms with Crippen LogP contribution in [0.25, 0.3) is 0 Å². The number of ether oxygens (including phenoxy) is 1. The summed E-state index contributed by atoms with van der Waals surface area (Å²) in [4.78, 5) is 26.8. The fourth-order valence-electron chi connectivity index (χ4n) is 2.53. The molecule has 8 heteroatoms. The summed E-state index contributed by atoms with van der Waals surface area (Å²) in [7, 11) is -1.63. The standard InChI is InChI=1S/C16H23BN2O5/c1-16(2,3)24-15(21)19-6-4-18(5-7-19)14-9-12(11-20)8-13(10-14)17(22)23/h8-11,22-23H,4-7H2,1-3H3. The molecule has 1 amide bonds. The molecule has 1 fully saturated rings. The fourth-order valence-corrected chi connectivity index (χ4v) is 2.53. The lowest BCUT2D eigenvalue weighted by molar-refractivity contribution is 0.0240. The topological polar surface area (TPSA) is 90.3 Å². The van der Waals surface area contributed by atoms with Crippen molar-refractivity contribution in [1.82, 2.24) is 4.90 Å². The Bertz CT molecular complexity index is 607. The van der Waals surface area contributed by atoms with Gasteiger partial charge in [0, 0.05) is 37.4 Å². The molecule has 1 heterocycles. The van der Waals surface area contributed by atoms with Crippen molar-refractivity contribution < 1.29 is 24.4 Å². The Balaban J connectivity index is 2.05. The van der Waals surface area contributed by atoms with Gasteiger partial charge in [-0.15, -0.1) is 0 Å². The molecule has 0 aromatic heterocycles.